The van der Waals surface area contributed by atoms with Crippen LogP contribution in [-0.4, -0.2) is 24.5 Å². The van der Waals surface area contributed by atoms with Gasteiger partial charge < -0.3 is 10.4 Å². The van der Waals surface area contributed by atoms with Crippen LogP contribution in [0.2, 0.25) is 0 Å². The van der Waals surface area contributed by atoms with Gasteiger partial charge in [0.1, 0.15) is 0 Å². The van der Waals surface area contributed by atoms with E-state index in [1.807, 2.05) is 19.2 Å². The zero-order valence-corrected chi connectivity index (χ0v) is 8.60. The van der Waals surface area contributed by atoms with Gasteiger partial charge in [0.2, 0.25) is 0 Å². The van der Waals surface area contributed by atoms with E-state index < -0.39 is 0 Å². The number of nitrogens with one attached hydrogen (secondary N) is 1. The molecule has 0 radical (unpaired) electrons. The largest absolute Gasteiger partial charge is 0.396 e. The van der Waals surface area contributed by atoms with Crippen LogP contribution in [0.25, 0.3) is 0 Å². The molecule has 0 saturated carbocycles. The molecule has 0 heterocycles. The highest BCUT2D eigenvalue weighted by molar-refractivity contribution is 7.99. The second-order valence-electron chi connectivity index (χ2n) is 2.71. The Hall–Kier alpha value is -0.510. The first kappa shape index (κ1) is 10.6. The minimum absolute atomic E-state index is 0.235. The van der Waals surface area contributed by atoms with E-state index in [0.717, 1.165) is 12.3 Å². The lowest BCUT2D eigenvalue weighted by molar-refractivity contribution is 0.322. The van der Waals surface area contributed by atoms with Gasteiger partial charge in [-0.3, -0.25) is 0 Å². The van der Waals surface area contributed by atoms with Crippen molar-refractivity contribution in [1.82, 2.24) is 5.32 Å². The fourth-order valence-corrected chi connectivity index (χ4v) is 1.95. The first-order valence-corrected chi connectivity index (χ1v) is 5.33. The van der Waals surface area contributed by atoms with E-state index in [-0.39, 0.29) is 6.61 Å². The fourth-order valence-electron chi connectivity index (χ4n) is 1.14. The Morgan fingerprint density at radius 1 is 1.38 bits per heavy atom. The second kappa shape index (κ2) is 6.02. The lowest BCUT2D eigenvalue weighted by Gasteiger charge is -2.07. The van der Waals surface area contributed by atoms with Crippen molar-refractivity contribution in [2.24, 2.45) is 0 Å². The van der Waals surface area contributed by atoms with Crippen LogP contribution in [0.3, 0.4) is 0 Å². The van der Waals surface area contributed by atoms with E-state index in [2.05, 4.69) is 17.4 Å². The average Bonchev–Trinajstić information content (AvgIpc) is 2.17. The first-order chi connectivity index (χ1) is 6.38. The topological polar surface area (TPSA) is 32.3 Å². The third-order valence-electron chi connectivity index (χ3n) is 1.69. The molecule has 2 nitrogen and oxygen atoms in total. The van der Waals surface area contributed by atoms with Crippen LogP contribution < -0.4 is 5.32 Å². The van der Waals surface area contributed by atoms with Crippen LogP contribution in [0.5, 0.6) is 0 Å². The van der Waals surface area contributed by atoms with Crippen molar-refractivity contribution in [3.63, 3.8) is 0 Å². The van der Waals surface area contributed by atoms with E-state index in [9.17, 15) is 0 Å². The van der Waals surface area contributed by atoms with Gasteiger partial charge in [0.05, 0.1) is 6.61 Å². The molecule has 3 heteroatoms. The molecule has 13 heavy (non-hydrogen) atoms. The lowest BCUT2D eigenvalue weighted by atomic mass is 10.2. The van der Waals surface area contributed by atoms with Gasteiger partial charge in [0.25, 0.3) is 0 Å². The zero-order chi connectivity index (χ0) is 9.52. The van der Waals surface area contributed by atoms with Crippen molar-refractivity contribution in [2.45, 2.75) is 11.4 Å². The van der Waals surface area contributed by atoms with Gasteiger partial charge >= 0.3 is 0 Å². The van der Waals surface area contributed by atoms with Gasteiger partial charge in [0.15, 0.2) is 0 Å². The Bertz CT molecular complexity index is 252. The molecule has 1 rings (SSSR count). The predicted octanol–water partition coefficient (Wildman–Crippen LogP) is 1.49. The quantitative estimate of drug-likeness (QED) is 0.701. The van der Waals surface area contributed by atoms with E-state index in [1.54, 1.807) is 11.8 Å². The smallest absolute Gasteiger partial charge is 0.0525 e. The Labute approximate surface area is 83.4 Å². The number of thioether (sulfide) groups is 1. The molecule has 0 unspecified atom stereocenters. The lowest BCUT2D eigenvalue weighted by Crippen LogP contribution is -2.06. The summed E-state index contributed by atoms with van der Waals surface area (Å²) in [5.41, 5.74) is 1.29. The Morgan fingerprint density at radius 2 is 2.15 bits per heavy atom. The van der Waals surface area contributed by atoms with Crippen LogP contribution in [0.4, 0.5) is 0 Å². The Kier molecular flexibility index (Phi) is 4.90. The van der Waals surface area contributed by atoms with Crippen LogP contribution in [-0.2, 0) is 6.54 Å². The number of benzene rings is 1. The van der Waals surface area contributed by atoms with E-state index >= 15 is 0 Å². The summed E-state index contributed by atoms with van der Waals surface area (Å²) in [5, 5.41) is 11.8. The third-order valence-corrected chi connectivity index (χ3v) is 2.78. The molecule has 0 aliphatic rings. The van der Waals surface area contributed by atoms with Crippen LogP contribution in [0, 0.1) is 0 Å². The summed E-state index contributed by atoms with van der Waals surface area (Å²) in [6.45, 7) is 1.12. The summed E-state index contributed by atoms with van der Waals surface area (Å²) in [7, 11) is 1.94. The molecular weight excluding hydrogens is 182 g/mol. The normalized spacial score (nSPS) is 10.3. The van der Waals surface area contributed by atoms with Gasteiger partial charge in [0, 0.05) is 17.2 Å². The van der Waals surface area contributed by atoms with Crippen molar-refractivity contribution >= 4 is 11.8 Å². The van der Waals surface area contributed by atoms with Crippen LogP contribution >= 0.6 is 11.8 Å². The van der Waals surface area contributed by atoms with Crippen molar-refractivity contribution < 1.29 is 5.11 Å². The SMILES string of the molecule is CNCc1ccccc1SCCO. The molecule has 0 amide bonds. The number of aliphatic hydroxyl groups excluding tert-OH is 1. The molecule has 1 aromatic rings. The van der Waals surface area contributed by atoms with Crippen molar-refractivity contribution in [3.8, 4) is 0 Å². The summed E-state index contributed by atoms with van der Waals surface area (Å²) in [4.78, 5) is 1.26. The fraction of sp³-hybridized carbons (Fsp3) is 0.400. The Morgan fingerprint density at radius 3 is 2.85 bits per heavy atom. The Balaban J connectivity index is 2.66. The molecule has 2 N–H and O–H groups in total. The van der Waals surface area contributed by atoms with Gasteiger partial charge in [-0.25, -0.2) is 0 Å². The van der Waals surface area contributed by atoms with E-state index in [4.69, 9.17) is 5.11 Å². The molecule has 72 valence electrons. The summed E-state index contributed by atoms with van der Waals surface area (Å²) < 4.78 is 0. The highest BCUT2D eigenvalue weighted by atomic mass is 32.2. The maximum Gasteiger partial charge on any atom is 0.0525 e. The van der Waals surface area contributed by atoms with Crippen LogP contribution in [0.1, 0.15) is 5.56 Å². The summed E-state index contributed by atoms with van der Waals surface area (Å²) in [6, 6.07) is 8.26. The van der Waals surface area contributed by atoms with E-state index in [0.29, 0.717) is 0 Å². The molecule has 0 atom stereocenters. The van der Waals surface area contributed by atoms with Crippen molar-refractivity contribution in [2.75, 3.05) is 19.4 Å². The van der Waals surface area contributed by atoms with Crippen molar-refractivity contribution in [3.05, 3.63) is 29.8 Å². The molecule has 0 bridgehead atoms. The van der Waals surface area contributed by atoms with Crippen LogP contribution in [0.15, 0.2) is 29.2 Å². The monoisotopic (exact) mass is 197 g/mol. The molecule has 1 aromatic carbocycles. The summed E-state index contributed by atoms with van der Waals surface area (Å²) in [5.74, 6) is 0.765. The maximum atomic E-state index is 8.71. The predicted molar refractivity (Wildman–Crippen MR) is 57.0 cm³/mol. The minimum Gasteiger partial charge on any atom is -0.396 e. The van der Waals surface area contributed by atoms with Gasteiger partial charge in [-0.2, -0.15) is 0 Å². The standard InChI is InChI=1S/C10H15NOS/c1-11-8-9-4-2-3-5-10(9)13-7-6-12/h2-5,11-12H,6-8H2,1H3. The number of hydrogen-bond donors (Lipinski definition) is 2. The third kappa shape index (κ3) is 3.38. The number of hydrogen-bond acceptors (Lipinski definition) is 3. The number of rotatable bonds is 5. The molecular formula is C10H15NOS. The van der Waals surface area contributed by atoms with Gasteiger partial charge in [-0.1, -0.05) is 18.2 Å². The van der Waals surface area contributed by atoms with Gasteiger partial charge in [-0.15, -0.1) is 11.8 Å². The average molecular weight is 197 g/mol. The minimum atomic E-state index is 0.235. The molecule has 0 aliphatic heterocycles. The first-order valence-electron chi connectivity index (χ1n) is 4.34. The summed E-state index contributed by atoms with van der Waals surface area (Å²) >= 11 is 1.70. The van der Waals surface area contributed by atoms with E-state index in [1.165, 1.54) is 10.5 Å². The molecule has 0 aliphatic carbocycles. The second-order valence-corrected chi connectivity index (χ2v) is 3.85. The zero-order valence-electron chi connectivity index (χ0n) is 7.79. The summed E-state index contributed by atoms with van der Waals surface area (Å²) in [6.07, 6.45) is 0. The van der Waals surface area contributed by atoms with Crippen molar-refractivity contribution in [1.29, 1.82) is 0 Å². The maximum absolute atomic E-state index is 8.71. The molecule has 0 spiro atoms. The molecule has 0 saturated heterocycles. The molecule has 0 aromatic heterocycles. The highest BCUT2D eigenvalue weighted by Crippen LogP contribution is 2.21. The van der Waals surface area contributed by atoms with Gasteiger partial charge in [-0.05, 0) is 18.7 Å². The highest BCUT2D eigenvalue weighted by Gasteiger charge is 1.99. The molecule has 0 fully saturated rings. The number of aliphatic hydroxyl groups is 1.